The minimum absolute atomic E-state index is 0.158. The molecule has 0 heterocycles. The lowest BCUT2D eigenvalue weighted by Gasteiger charge is -2.21. The van der Waals surface area contributed by atoms with Crippen molar-refractivity contribution in [2.75, 3.05) is 19.7 Å². The molecule has 0 aliphatic carbocycles. The van der Waals surface area contributed by atoms with Crippen molar-refractivity contribution < 1.29 is 24.2 Å². The highest BCUT2D eigenvalue weighted by molar-refractivity contribution is 5.96. The number of carboxylic acids is 1. The Morgan fingerprint density at radius 2 is 1.70 bits per heavy atom. The van der Waals surface area contributed by atoms with Gasteiger partial charge in [0.2, 0.25) is 5.91 Å². The van der Waals surface area contributed by atoms with Gasteiger partial charge in [0.25, 0.3) is 5.91 Å². The number of ether oxygens (including phenoxy) is 1. The van der Waals surface area contributed by atoms with Crippen LogP contribution < -0.4 is 10.1 Å². The van der Waals surface area contributed by atoms with Crippen LogP contribution in [0.25, 0.3) is 0 Å². The van der Waals surface area contributed by atoms with Gasteiger partial charge in [0.05, 0.1) is 13.2 Å². The van der Waals surface area contributed by atoms with E-state index >= 15 is 0 Å². The summed E-state index contributed by atoms with van der Waals surface area (Å²) in [5, 5.41) is 11.6. The summed E-state index contributed by atoms with van der Waals surface area (Å²) in [6.45, 7) is 1.83. The number of nitrogens with one attached hydrogen (secondary N) is 1. The second-order valence-corrected chi connectivity index (χ2v) is 5.77. The van der Waals surface area contributed by atoms with Crippen molar-refractivity contribution in [2.45, 2.75) is 13.5 Å². The maximum Gasteiger partial charge on any atom is 0.323 e. The molecule has 27 heavy (non-hydrogen) atoms. The third-order valence-electron chi connectivity index (χ3n) is 3.72. The van der Waals surface area contributed by atoms with Gasteiger partial charge in [-0.2, -0.15) is 0 Å². The topological polar surface area (TPSA) is 95.9 Å². The van der Waals surface area contributed by atoms with E-state index in [1.165, 1.54) is 4.90 Å². The average molecular weight is 370 g/mol. The molecule has 2 aromatic rings. The van der Waals surface area contributed by atoms with Gasteiger partial charge in [-0.1, -0.05) is 30.3 Å². The van der Waals surface area contributed by atoms with E-state index in [0.29, 0.717) is 17.9 Å². The summed E-state index contributed by atoms with van der Waals surface area (Å²) < 4.78 is 5.32. The maximum absolute atomic E-state index is 12.4. The number of carbonyl (C=O) groups is 3. The first-order valence-electron chi connectivity index (χ1n) is 8.54. The van der Waals surface area contributed by atoms with Crippen LogP contribution in [0.1, 0.15) is 22.8 Å². The summed E-state index contributed by atoms with van der Waals surface area (Å²) in [5.41, 5.74) is 1.20. The van der Waals surface area contributed by atoms with E-state index in [9.17, 15) is 14.4 Å². The smallest absolute Gasteiger partial charge is 0.323 e. The molecule has 0 bridgehead atoms. The molecule has 0 aliphatic rings. The van der Waals surface area contributed by atoms with Gasteiger partial charge in [-0.25, -0.2) is 0 Å². The van der Waals surface area contributed by atoms with Crippen LogP contribution in [0, 0.1) is 0 Å². The lowest BCUT2D eigenvalue weighted by Crippen LogP contribution is -2.42. The Balaban J connectivity index is 1.95. The number of hydrogen-bond donors (Lipinski definition) is 2. The lowest BCUT2D eigenvalue weighted by molar-refractivity contribution is -0.144. The number of hydrogen-bond acceptors (Lipinski definition) is 4. The predicted molar refractivity (Wildman–Crippen MR) is 99.4 cm³/mol. The van der Waals surface area contributed by atoms with E-state index < -0.39 is 24.3 Å². The third-order valence-corrected chi connectivity index (χ3v) is 3.72. The van der Waals surface area contributed by atoms with Crippen LogP contribution in [0.5, 0.6) is 5.75 Å². The first-order chi connectivity index (χ1) is 13.0. The van der Waals surface area contributed by atoms with Gasteiger partial charge in [-0.05, 0) is 36.8 Å². The summed E-state index contributed by atoms with van der Waals surface area (Å²) >= 11 is 0. The molecule has 0 radical (unpaired) electrons. The van der Waals surface area contributed by atoms with Crippen molar-refractivity contribution in [3.05, 3.63) is 65.7 Å². The highest BCUT2D eigenvalue weighted by Gasteiger charge is 2.18. The van der Waals surface area contributed by atoms with Crippen LogP contribution in [0.2, 0.25) is 0 Å². The minimum atomic E-state index is -1.11. The molecule has 0 unspecified atom stereocenters. The van der Waals surface area contributed by atoms with Crippen LogP contribution in [-0.4, -0.2) is 47.5 Å². The molecule has 7 nitrogen and oxygen atoms in total. The number of rotatable bonds is 9. The van der Waals surface area contributed by atoms with Crippen LogP contribution in [0.15, 0.2) is 54.6 Å². The maximum atomic E-state index is 12.4. The lowest BCUT2D eigenvalue weighted by atomic mass is 10.2. The number of benzene rings is 2. The molecular weight excluding hydrogens is 348 g/mol. The Labute approximate surface area is 157 Å². The zero-order chi connectivity index (χ0) is 19.6. The first-order valence-corrected chi connectivity index (χ1v) is 8.54. The zero-order valence-corrected chi connectivity index (χ0v) is 15.1. The standard InChI is InChI=1S/C20H22N2O5/c1-2-27-17-10-8-16(9-11-17)20(26)21-12-18(23)22(14-19(24)25)13-15-6-4-3-5-7-15/h3-11H,2,12-14H2,1H3,(H,21,26)(H,24,25). The second-order valence-electron chi connectivity index (χ2n) is 5.77. The Morgan fingerprint density at radius 1 is 1.04 bits per heavy atom. The third kappa shape index (κ3) is 6.47. The summed E-state index contributed by atoms with van der Waals surface area (Å²) in [5.74, 6) is -1.35. The molecule has 0 atom stereocenters. The van der Waals surface area contributed by atoms with Crippen molar-refractivity contribution in [3.63, 3.8) is 0 Å². The predicted octanol–water partition coefficient (Wildman–Crippen LogP) is 1.93. The molecule has 2 amide bonds. The largest absolute Gasteiger partial charge is 0.494 e. The van der Waals surface area contributed by atoms with Crippen LogP contribution in [0.3, 0.4) is 0 Å². The SMILES string of the molecule is CCOc1ccc(C(=O)NCC(=O)N(CC(=O)O)Cc2ccccc2)cc1. The van der Waals surface area contributed by atoms with Crippen molar-refractivity contribution in [2.24, 2.45) is 0 Å². The molecule has 0 fully saturated rings. The van der Waals surface area contributed by atoms with Gasteiger partial charge in [-0.15, -0.1) is 0 Å². The van der Waals surface area contributed by atoms with Gasteiger partial charge >= 0.3 is 5.97 Å². The van der Waals surface area contributed by atoms with Gasteiger partial charge in [0, 0.05) is 12.1 Å². The van der Waals surface area contributed by atoms with E-state index in [1.54, 1.807) is 36.4 Å². The molecule has 0 spiro atoms. The van der Waals surface area contributed by atoms with Crippen molar-refractivity contribution >= 4 is 17.8 Å². The van der Waals surface area contributed by atoms with Gasteiger partial charge in [-0.3, -0.25) is 14.4 Å². The molecule has 0 saturated heterocycles. The van der Waals surface area contributed by atoms with E-state index in [4.69, 9.17) is 9.84 Å². The quantitative estimate of drug-likeness (QED) is 0.703. The number of carbonyl (C=O) groups excluding carboxylic acids is 2. The van der Waals surface area contributed by atoms with Gasteiger partial charge in [0.1, 0.15) is 12.3 Å². The second kappa shape index (κ2) is 9.96. The fourth-order valence-corrected chi connectivity index (χ4v) is 2.44. The molecule has 2 N–H and O–H groups in total. The van der Waals surface area contributed by atoms with Gasteiger partial charge < -0.3 is 20.1 Å². The highest BCUT2D eigenvalue weighted by Crippen LogP contribution is 2.12. The fourth-order valence-electron chi connectivity index (χ4n) is 2.44. The molecule has 0 saturated carbocycles. The van der Waals surface area contributed by atoms with Crippen LogP contribution >= 0.6 is 0 Å². The Hall–Kier alpha value is -3.35. The van der Waals surface area contributed by atoms with E-state index in [2.05, 4.69) is 5.32 Å². The first kappa shape index (κ1) is 20.0. The number of nitrogens with zero attached hydrogens (tertiary/aromatic N) is 1. The molecule has 0 aromatic heterocycles. The minimum Gasteiger partial charge on any atom is -0.494 e. The van der Waals surface area contributed by atoms with Crippen molar-refractivity contribution in [1.82, 2.24) is 10.2 Å². The Morgan fingerprint density at radius 3 is 2.30 bits per heavy atom. The monoisotopic (exact) mass is 370 g/mol. The molecular formula is C20H22N2O5. The Bertz CT molecular complexity index is 775. The summed E-state index contributed by atoms with van der Waals surface area (Å²) in [6.07, 6.45) is 0. The van der Waals surface area contributed by atoms with Crippen molar-refractivity contribution in [1.29, 1.82) is 0 Å². The van der Waals surface area contributed by atoms with Crippen LogP contribution in [-0.2, 0) is 16.1 Å². The molecule has 2 rings (SSSR count). The number of amides is 2. The van der Waals surface area contributed by atoms with E-state index in [0.717, 1.165) is 5.56 Å². The molecule has 7 heteroatoms. The zero-order valence-electron chi connectivity index (χ0n) is 15.1. The summed E-state index contributed by atoms with van der Waals surface area (Å²) in [6, 6.07) is 15.6. The van der Waals surface area contributed by atoms with Crippen LogP contribution in [0.4, 0.5) is 0 Å². The highest BCUT2D eigenvalue weighted by atomic mass is 16.5. The summed E-state index contributed by atoms with van der Waals surface area (Å²) in [7, 11) is 0. The van der Waals surface area contributed by atoms with Gasteiger partial charge in [0.15, 0.2) is 0 Å². The van der Waals surface area contributed by atoms with E-state index in [-0.39, 0.29) is 13.1 Å². The molecule has 2 aromatic carbocycles. The number of carboxylic acid groups (broad SMARTS) is 1. The van der Waals surface area contributed by atoms with Crippen molar-refractivity contribution in [3.8, 4) is 5.75 Å². The molecule has 0 aliphatic heterocycles. The fraction of sp³-hybridized carbons (Fsp3) is 0.250. The average Bonchev–Trinajstić information content (AvgIpc) is 2.66. The van der Waals surface area contributed by atoms with E-state index in [1.807, 2.05) is 25.1 Å². The number of aliphatic carboxylic acids is 1. The summed E-state index contributed by atoms with van der Waals surface area (Å²) in [4.78, 5) is 36.8. The Kier molecular flexibility index (Phi) is 7.37. The normalized spacial score (nSPS) is 10.1. The molecule has 142 valence electrons.